The fourth-order valence-corrected chi connectivity index (χ4v) is 6.67. The number of carbonyl (C=O) groups is 1. The van der Waals surface area contributed by atoms with Crippen molar-refractivity contribution in [1.29, 1.82) is 0 Å². The maximum absolute atomic E-state index is 13.1. The Morgan fingerprint density at radius 2 is 1.92 bits per heavy atom. The minimum absolute atomic E-state index is 0.0644. The van der Waals surface area contributed by atoms with Gasteiger partial charge in [0, 0.05) is 31.5 Å². The number of amides is 1. The van der Waals surface area contributed by atoms with Crippen LogP contribution in [0.2, 0.25) is 0 Å². The number of carbonyl (C=O) groups excluding carboxylic acids is 1. The number of nitrogens with zero attached hydrogens (tertiary/aromatic N) is 2. The number of hydrogen-bond donors (Lipinski definition) is 3. The Labute approximate surface area is 217 Å². The van der Waals surface area contributed by atoms with Crippen LogP contribution in [-0.2, 0) is 24.3 Å². The highest BCUT2D eigenvalue weighted by Crippen LogP contribution is 2.37. The molecule has 37 heavy (non-hydrogen) atoms. The Morgan fingerprint density at radius 1 is 1.16 bits per heavy atom. The molecule has 5 rings (SSSR count). The van der Waals surface area contributed by atoms with Crippen LogP contribution in [0.5, 0.6) is 0 Å². The average Bonchev–Trinajstić information content (AvgIpc) is 3.52. The summed E-state index contributed by atoms with van der Waals surface area (Å²) < 4.78 is 39.1. The van der Waals surface area contributed by atoms with E-state index in [1.165, 1.54) is 6.20 Å². The van der Waals surface area contributed by atoms with Gasteiger partial charge in [-0.05, 0) is 56.7 Å². The monoisotopic (exact) mass is 529 g/mol. The molecule has 1 aliphatic carbocycles. The minimum Gasteiger partial charge on any atom is -0.381 e. The van der Waals surface area contributed by atoms with E-state index in [4.69, 9.17) is 9.47 Å². The topological polar surface area (TPSA) is 123 Å². The molecule has 3 aliphatic rings. The number of hydrogen-bond acceptors (Lipinski definition) is 8. The number of aromatic nitrogens is 1. The molecule has 2 fully saturated rings. The summed E-state index contributed by atoms with van der Waals surface area (Å²) in [5.74, 6) is 0.372. The Balaban J connectivity index is 1.18. The summed E-state index contributed by atoms with van der Waals surface area (Å²) in [7, 11) is -3.78. The van der Waals surface area contributed by atoms with Crippen molar-refractivity contribution in [2.24, 2.45) is 16.8 Å². The summed E-state index contributed by atoms with van der Waals surface area (Å²) in [5.41, 5.74) is 7.37. The normalized spacial score (nSPS) is 26.0. The van der Waals surface area contributed by atoms with E-state index in [0.29, 0.717) is 17.9 Å². The summed E-state index contributed by atoms with van der Waals surface area (Å²) in [5, 5.41) is 3.19. The number of ether oxygens (including phenoxy) is 2. The first-order valence-corrected chi connectivity index (χ1v) is 14.4. The second-order valence-corrected chi connectivity index (χ2v) is 11.8. The van der Waals surface area contributed by atoms with Gasteiger partial charge in [0.25, 0.3) is 10.0 Å². The molecule has 1 aromatic carbocycles. The predicted molar refractivity (Wildman–Crippen MR) is 140 cm³/mol. The highest BCUT2D eigenvalue weighted by atomic mass is 32.2. The number of fused-ring (bicyclic) bond motifs is 1. The van der Waals surface area contributed by atoms with Gasteiger partial charge in [-0.3, -0.25) is 10.2 Å². The Morgan fingerprint density at radius 3 is 2.65 bits per heavy atom. The molecular weight excluding hydrogens is 494 g/mol. The third-order valence-electron chi connectivity index (χ3n) is 7.48. The van der Waals surface area contributed by atoms with Crippen molar-refractivity contribution in [1.82, 2.24) is 14.8 Å². The molecule has 3 N–H and O–H groups in total. The number of nitrogens with one attached hydrogen (secondary N) is 3. The molecule has 10 nitrogen and oxygen atoms in total. The summed E-state index contributed by atoms with van der Waals surface area (Å²) in [6, 6.07) is 8.36. The molecule has 1 amide bonds. The van der Waals surface area contributed by atoms with Gasteiger partial charge in [0.15, 0.2) is 5.82 Å². The fourth-order valence-electron chi connectivity index (χ4n) is 5.37. The van der Waals surface area contributed by atoms with Crippen LogP contribution in [0.25, 0.3) is 0 Å². The summed E-state index contributed by atoms with van der Waals surface area (Å²) in [6.45, 7) is 5.49. The zero-order valence-electron chi connectivity index (χ0n) is 21.2. The van der Waals surface area contributed by atoms with Gasteiger partial charge >= 0.3 is 0 Å². The lowest BCUT2D eigenvalue weighted by atomic mass is 9.93. The number of hydrazine groups is 1. The quantitative estimate of drug-likeness (QED) is 0.449. The minimum atomic E-state index is -3.78. The number of anilines is 1. The van der Waals surface area contributed by atoms with E-state index in [-0.39, 0.29) is 34.8 Å². The molecule has 4 unspecified atom stereocenters. The van der Waals surface area contributed by atoms with Crippen LogP contribution in [-0.4, -0.2) is 56.1 Å². The van der Waals surface area contributed by atoms with Crippen molar-refractivity contribution < 1.29 is 22.7 Å². The molecule has 1 saturated heterocycles. The highest BCUT2D eigenvalue weighted by Gasteiger charge is 2.39. The van der Waals surface area contributed by atoms with E-state index in [0.717, 1.165) is 48.4 Å². The van der Waals surface area contributed by atoms with E-state index in [1.807, 2.05) is 6.92 Å². The second-order valence-electron chi connectivity index (χ2n) is 10.0. The van der Waals surface area contributed by atoms with E-state index < -0.39 is 16.2 Å². The summed E-state index contributed by atoms with van der Waals surface area (Å²) >= 11 is 0. The first-order chi connectivity index (χ1) is 17.8. The molecule has 2 aromatic rings. The standard InChI is InChI=1S/C26H35N5O5S/c1-3-18-14-20(36-19-9-12-35-13-10-19)15-22(18)26(32)30-29-24-16-27-25-23(28-24)8-11-31(25)37(33,34)21-6-4-17(2)5-7-21/h4-8,11,16,18-20,22,24,28-29H,3,9-10,12-15H2,1-2H3,(H,30,32). The third-order valence-corrected chi connectivity index (χ3v) is 9.16. The van der Waals surface area contributed by atoms with Crippen molar-refractivity contribution in [2.45, 2.75) is 69.2 Å². The second kappa shape index (κ2) is 10.9. The van der Waals surface area contributed by atoms with Gasteiger partial charge in [0.2, 0.25) is 5.91 Å². The van der Waals surface area contributed by atoms with Crippen molar-refractivity contribution >= 4 is 33.7 Å². The number of rotatable bonds is 8. The zero-order valence-corrected chi connectivity index (χ0v) is 22.0. The summed E-state index contributed by atoms with van der Waals surface area (Å²) in [4.78, 5) is 17.6. The molecule has 4 atom stereocenters. The molecule has 2 aliphatic heterocycles. The lowest BCUT2D eigenvalue weighted by molar-refractivity contribution is -0.127. The first kappa shape index (κ1) is 25.9. The largest absolute Gasteiger partial charge is 0.381 e. The van der Waals surface area contributed by atoms with Crippen LogP contribution in [0.3, 0.4) is 0 Å². The van der Waals surface area contributed by atoms with Crippen molar-refractivity contribution in [3.8, 4) is 0 Å². The van der Waals surface area contributed by atoms with Gasteiger partial charge in [0.1, 0.15) is 6.17 Å². The molecule has 200 valence electrons. The van der Waals surface area contributed by atoms with Gasteiger partial charge in [0.05, 0.1) is 22.8 Å². The molecule has 11 heteroatoms. The lowest BCUT2D eigenvalue weighted by Gasteiger charge is -2.26. The van der Waals surface area contributed by atoms with Gasteiger partial charge in [-0.2, -0.15) is 0 Å². The van der Waals surface area contributed by atoms with E-state index in [9.17, 15) is 13.2 Å². The van der Waals surface area contributed by atoms with Crippen LogP contribution < -0.4 is 16.2 Å². The summed E-state index contributed by atoms with van der Waals surface area (Å²) in [6.07, 6.45) is 7.20. The molecule has 1 aromatic heterocycles. The van der Waals surface area contributed by atoms with Gasteiger partial charge < -0.3 is 14.8 Å². The molecule has 3 heterocycles. The number of aryl methyl sites for hydroxylation is 1. The van der Waals surface area contributed by atoms with Gasteiger partial charge in [-0.1, -0.05) is 31.0 Å². The Bertz CT molecular complexity index is 1240. The molecule has 0 radical (unpaired) electrons. The molecule has 0 spiro atoms. The first-order valence-electron chi connectivity index (χ1n) is 13.0. The third kappa shape index (κ3) is 5.59. The van der Waals surface area contributed by atoms with Crippen LogP contribution in [0.4, 0.5) is 11.5 Å². The highest BCUT2D eigenvalue weighted by molar-refractivity contribution is 7.90. The lowest BCUT2D eigenvalue weighted by Crippen LogP contribution is -2.51. The Kier molecular flexibility index (Phi) is 7.66. The fraction of sp³-hybridized carbons (Fsp3) is 0.538. The smallest absolute Gasteiger partial charge is 0.269 e. The predicted octanol–water partition coefficient (Wildman–Crippen LogP) is 3.11. The van der Waals surface area contributed by atoms with Gasteiger partial charge in [-0.25, -0.2) is 22.8 Å². The SMILES string of the molecule is CCC1CC(OC2CCOCC2)CC1C(=O)NNC1C=Nc2c(ccn2S(=O)(=O)c2ccc(C)cc2)N1. The van der Waals surface area contributed by atoms with Crippen LogP contribution in [0, 0.1) is 18.8 Å². The van der Waals surface area contributed by atoms with Gasteiger partial charge in [-0.15, -0.1) is 0 Å². The molecule has 0 bridgehead atoms. The maximum Gasteiger partial charge on any atom is 0.269 e. The van der Waals surface area contributed by atoms with Crippen LogP contribution >= 0.6 is 0 Å². The zero-order chi connectivity index (χ0) is 26.0. The number of benzene rings is 1. The maximum atomic E-state index is 13.1. The van der Waals surface area contributed by atoms with Crippen LogP contribution in [0.1, 0.15) is 44.6 Å². The Hall–Kier alpha value is -2.73. The molecular formula is C26H35N5O5S. The van der Waals surface area contributed by atoms with Crippen molar-refractivity contribution in [2.75, 3.05) is 18.5 Å². The van der Waals surface area contributed by atoms with Crippen molar-refractivity contribution in [3.63, 3.8) is 0 Å². The number of aliphatic imine (C=N–C) groups is 1. The molecule has 1 saturated carbocycles. The van der Waals surface area contributed by atoms with E-state index in [2.05, 4.69) is 28.1 Å². The van der Waals surface area contributed by atoms with E-state index in [1.54, 1.807) is 36.5 Å². The van der Waals surface area contributed by atoms with Crippen LogP contribution in [0.15, 0.2) is 46.4 Å². The van der Waals surface area contributed by atoms with E-state index >= 15 is 0 Å². The average molecular weight is 530 g/mol. The van der Waals surface area contributed by atoms with Crippen molar-refractivity contribution in [3.05, 3.63) is 42.1 Å².